The highest BCUT2D eigenvalue weighted by Gasteiger charge is 2.42. The van der Waals surface area contributed by atoms with Gasteiger partial charge in [-0.2, -0.15) is 0 Å². The summed E-state index contributed by atoms with van der Waals surface area (Å²) < 4.78 is 6.14. The summed E-state index contributed by atoms with van der Waals surface area (Å²) in [4.78, 5) is 37.3. The van der Waals surface area contributed by atoms with Crippen molar-refractivity contribution in [1.29, 1.82) is 0 Å². The first-order chi connectivity index (χ1) is 12.1. The molecule has 142 valence electrons. The first-order valence-corrected chi connectivity index (χ1v) is 12.2. The third-order valence-electron chi connectivity index (χ3n) is 4.86. The number of halogens is 1. The van der Waals surface area contributed by atoms with E-state index in [4.69, 9.17) is 4.43 Å². The molecular formula is C17H25BrN4O3Si. The lowest BCUT2D eigenvalue weighted by Crippen LogP contribution is -2.43. The van der Waals surface area contributed by atoms with Gasteiger partial charge in [0.2, 0.25) is 0 Å². The van der Waals surface area contributed by atoms with Crippen molar-refractivity contribution in [3.8, 4) is 0 Å². The first-order valence-electron chi connectivity index (χ1n) is 8.40. The molecule has 1 saturated heterocycles. The van der Waals surface area contributed by atoms with Crippen LogP contribution in [-0.4, -0.2) is 53.2 Å². The Labute approximate surface area is 163 Å². The summed E-state index contributed by atoms with van der Waals surface area (Å²) in [5.74, 6) is -0.344. The topological polar surface area (TPSA) is 75.6 Å². The van der Waals surface area contributed by atoms with Crippen LogP contribution in [0.3, 0.4) is 0 Å². The van der Waals surface area contributed by atoms with Crippen LogP contribution in [-0.2, 0) is 15.8 Å². The van der Waals surface area contributed by atoms with Gasteiger partial charge in [0.25, 0.3) is 5.91 Å². The van der Waals surface area contributed by atoms with E-state index in [0.717, 1.165) is 0 Å². The summed E-state index contributed by atoms with van der Waals surface area (Å²) in [6.45, 7) is 11.7. The molecule has 0 N–H and O–H groups in total. The molecule has 1 aliphatic rings. The number of urea groups is 1. The van der Waals surface area contributed by atoms with Gasteiger partial charge in [-0.3, -0.25) is 14.6 Å². The Morgan fingerprint density at radius 1 is 1.19 bits per heavy atom. The Balaban J connectivity index is 2.07. The van der Waals surface area contributed by atoms with Gasteiger partial charge >= 0.3 is 6.03 Å². The maximum atomic E-state index is 12.7. The largest absolute Gasteiger partial charge is 0.415 e. The van der Waals surface area contributed by atoms with Crippen molar-refractivity contribution >= 4 is 36.2 Å². The number of hydrogen-bond donors (Lipinski definition) is 0. The fourth-order valence-electron chi connectivity index (χ4n) is 2.25. The van der Waals surface area contributed by atoms with Crippen molar-refractivity contribution in [3.05, 3.63) is 35.0 Å². The van der Waals surface area contributed by atoms with Gasteiger partial charge in [-0.25, -0.2) is 14.8 Å². The first kappa shape index (κ1) is 20.7. The van der Waals surface area contributed by atoms with Gasteiger partial charge in [0.1, 0.15) is 12.0 Å². The molecule has 0 bridgehead atoms. The summed E-state index contributed by atoms with van der Waals surface area (Å²) in [7, 11) is -1.91. The molecule has 26 heavy (non-hydrogen) atoms. The third kappa shape index (κ3) is 4.39. The zero-order valence-corrected chi connectivity index (χ0v) is 18.4. The van der Waals surface area contributed by atoms with Gasteiger partial charge in [-0.15, -0.1) is 0 Å². The predicted octanol–water partition coefficient (Wildman–Crippen LogP) is 3.50. The molecule has 2 rings (SSSR count). The minimum Gasteiger partial charge on any atom is -0.415 e. The highest BCUT2D eigenvalue weighted by Crippen LogP contribution is 2.36. The number of carbonyl (C=O) groups is 2. The van der Waals surface area contributed by atoms with E-state index in [2.05, 4.69) is 59.8 Å². The maximum Gasteiger partial charge on any atom is 0.332 e. The molecule has 3 amide bonds. The lowest BCUT2D eigenvalue weighted by atomic mass is 10.2. The molecule has 7 nitrogen and oxygen atoms in total. The Morgan fingerprint density at radius 3 is 2.35 bits per heavy atom. The van der Waals surface area contributed by atoms with Crippen LogP contribution < -0.4 is 0 Å². The molecule has 0 atom stereocenters. The fourth-order valence-corrected chi connectivity index (χ4v) is 3.73. The van der Waals surface area contributed by atoms with E-state index in [9.17, 15) is 9.59 Å². The van der Waals surface area contributed by atoms with Crippen molar-refractivity contribution in [2.75, 3.05) is 13.2 Å². The highest BCUT2D eigenvalue weighted by molar-refractivity contribution is 9.11. The molecule has 9 heteroatoms. The minimum absolute atomic E-state index is 0.0886. The second-order valence-electron chi connectivity index (χ2n) is 7.68. The molecular weight excluding hydrogens is 416 g/mol. The SMILES string of the molecule is CC(C)(C)[Si](C)(C)OCCN1C(=O)N(Cc2cncnc2)C(=O)/C1=C/Br. The average Bonchev–Trinajstić information content (AvgIpc) is 2.79. The predicted molar refractivity (Wildman–Crippen MR) is 105 cm³/mol. The van der Waals surface area contributed by atoms with Crippen molar-refractivity contribution in [1.82, 2.24) is 19.8 Å². The van der Waals surface area contributed by atoms with Crippen LogP contribution in [0.1, 0.15) is 26.3 Å². The Kier molecular flexibility index (Phi) is 6.36. The number of hydrogen-bond acceptors (Lipinski definition) is 5. The smallest absolute Gasteiger partial charge is 0.332 e. The standard InChI is InChI=1S/C17H25BrN4O3Si/c1-17(2,3)26(4,5)25-7-6-21-14(8-18)15(23)22(16(21)24)11-13-9-19-12-20-10-13/h8-10,12H,6-7,11H2,1-5H3/b14-8-. The fraction of sp³-hybridized carbons (Fsp3) is 0.529. The van der Waals surface area contributed by atoms with E-state index < -0.39 is 8.32 Å². The molecule has 0 aromatic carbocycles. The molecule has 1 aliphatic heterocycles. The molecule has 0 aliphatic carbocycles. The van der Waals surface area contributed by atoms with E-state index >= 15 is 0 Å². The molecule has 0 unspecified atom stereocenters. The third-order valence-corrected chi connectivity index (χ3v) is 9.83. The second kappa shape index (κ2) is 7.97. The second-order valence-corrected chi connectivity index (χ2v) is 12.9. The summed E-state index contributed by atoms with van der Waals surface area (Å²) in [6, 6.07) is -0.358. The van der Waals surface area contributed by atoms with Gasteiger partial charge in [0.15, 0.2) is 8.32 Å². The van der Waals surface area contributed by atoms with Crippen LogP contribution in [0, 0.1) is 0 Å². The molecule has 1 aromatic heterocycles. The van der Waals surface area contributed by atoms with Crippen molar-refractivity contribution in [2.45, 2.75) is 45.4 Å². The van der Waals surface area contributed by atoms with Gasteiger partial charge in [-0.1, -0.05) is 36.7 Å². The summed E-state index contributed by atoms with van der Waals surface area (Å²) in [5, 5.41) is 0.0886. The van der Waals surface area contributed by atoms with Crippen molar-refractivity contribution in [2.24, 2.45) is 0 Å². The van der Waals surface area contributed by atoms with Gasteiger partial charge in [0.05, 0.1) is 19.7 Å². The number of rotatable bonds is 6. The molecule has 0 saturated carbocycles. The van der Waals surface area contributed by atoms with Crippen LogP contribution in [0.25, 0.3) is 0 Å². The molecule has 1 fully saturated rings. The monoisotopic (exact) mass is 440 g/mol. The van der Waals surface area contributed by atoms with E-state index in [1.807, 2.05) is 0 Å². The average molecular weight is 441 g/mol. The molecule has 0 radical (unpaired) electrons. The Bertz CT molecular complexity index is 704. The highest BCUT2D eigenvalue weighted by atomic mass is 79.9. The quantitative estimate of drug-likeness (QED) is 0.384. The number of amides is 3. The van der Waals surface area contributed by atoms with E-state index in [1.165, 1.54) is 21.1 Å². The van der Waals surface area contributed by atoms with Crippen molar-refractivity contribution < 1.29 is 14.0 Å². The van der Waals surface area contributed by atoms with Crippen molar-refractivity contribution in [3.63, 3.8) is 0 Å². The Hall–Kier alpha value is -1.58. The van der Waals surface area contributed by atoms with Crippen LogP contribution in [0.5, 0.6) is 0 Å². The van der Waals surface area contributed by atoms with Gasteiger partial charge < -0.3 is 4.43 Å². The summed E-state index contributed by atoms with van der Waals surface area (Å²) >= 11 is 3.20. The number of carbonyl (C=O) groups excluding carboxylic acids is 2. The van der Waals surface area contributed by atoms with E-state index in [-0.39, 0.29) is 23.5 Å². The summed E-state index contributed by atoms with van der Waals surface area (Å²) in [5.41, 5.74) is 1.01. The minimum atomic E-state index is -1.91. The maximum absolute atomic E-state index is 12.7. The van der Waals surface area contributed by atoms with Crippen LogP contribution in [0.15, 0.2) is 29.4 Å². The molecule has 2 heterocycles. The van der Waals surface area contributed by atoms with Gasteiger partial charge in [-0.05, 0) is 18.1 Å². The normalized spacial score (nSPS) is 17.5. The van der Waals surface area contributed by atoms with Crippen LogP contribution >= 0.6 is 15.9 Å². The van der Waals surface area contributed by atoms with E-state index in [1.54, 1.807) is 12.4 Å². The number of nitrogens with zero attached hydrogens (tertiary/aromatic N) is 4. The number of imide groups is 1. The zero-order chi connectivity index (χ0) is 19.5. The van der Waals surface area contributed by atoms with E-state index in [0.29, 0.717) is 24.4 Å². The van der Waals surface area contributed by atoms with Gasteiger partial charge in [0, 0.05) is 22.9 Å². The molecule has 0 spiro atoms. The van der Waals surface area contributed by atoms with Crippen LogP contribution in [0.2, 0.25) is 18.1 Å². The lowest BCUT2D eigenvalue weighted by Gasteiger charge is -2.36. The molecule has 1 aromatic rings. The lowest BCUT2D eigenvalue weighted by molar-refractivity contribution is -0.123. The zero-order valence-electron chi connectivity index (χ0n) is 15.8. The van der Waals surface area contributed by atoms with Crippen LogP contribution in [0.4, 0.5) is 4.79 Å². The summed E-state index contributed by atoms with van der Waals surface area (Å²) in [6.07, 6.45) is 4.59. The number of aromatic nitrogens is 2. The Morgan fingerprint density at radius 2 is 1.81 bits per heavy atom.